The molecular formula is C17H14F3N3O2. The van der Waals surface area contributed by atoms with Crippen LogP contribution in [0.2, 0.25) is 0 Å². The number of nitrogens with one attached hydrogen (secondary N) is 1. The zero-order chi connectivity index (χ0) is 18.0. The predicted octanol–water partition coefficient (Wildman–Crippen LogP) is 4.10. The third kappa shape index (κ3) is 3.90. The molecule has 1 N–H and O–H groups in total. The fourth-order valence-corrected chi connectivity index (χ4v) is 2.37. The Bertz CT molecular complexity index is 896. The summed E-state index contributed by atoms with van der Waals surface area (Å²) in [7, 11) is 0. The number of amides is 1. The van der Waals surface area contributed by atoms with E-state index in [9.17, 15) is 18.0 Å². The summed E-state index contributed by atoms with van der Waals surface area (Å²) < 4.78 is 44.8. The monoisotopic (exact) mass is 349 g/mol. The molecule has 2 heterocycles. The second-order valence-electron chi connectivity index (χ2n) is 5.47. The largest absolute Gasteiger partial charge is 0.469 e. The topological polar surface area (TPSA) is 60.1 Å². The molecule has 3 rings (SSSR count). The molecule has 0 radical (unpaired) electrons. The number of nitrogens with zero attached hydrogens (tertiary/aromatic N) is 2. The van der Waals surface area contributed by atoms with Gasteiger partial charge in [0.1, 0.15) is 5.76 Å². The molecule has 0 spiro atoms. The Labute approximate surface area is 141 Å². The van der Waals surface area contributed by atoms with Gasteiger partial charge < -0.3 is 9.73 Å². The number of carbonyl (C=O) groups is 1. The van der Waals surface area contributed by atoms with Gasteiger partial charge in [-0.1, -0.05) is 12.1 Å². The second-order valence-corrected chi connectivity index (χ2v) is 5.47. The van der Waals surface area contributed by atoms with Crippen molar-refractivity contribution in [1.29, 1.82) is 0 Å². The summed E-state index contributed by atoms with van der Waals surface area (Å²) in [6.45, 7) is 1.83. The first-order chi connectivity index (χ1) is 11.8. The zero-order valence-corrected chi connectivity index (χ0v) is 13.2. The first kappa shape index (κ1) is 16.8. The van der Waals surface area contributed by atoms with Crippen molar-refractivity contribution in [2.24, 2.45) is 0 Å². The van der Waals surface area contributed by atoms with E-state index in [4.69, 9.17) is 4.42 Å². The lowest BCUT2D eigenvalue weighted by Gasteiger charge is -2.08. The molecule has 2 aromatic heterocycles. The first-order valence-electron chi connectivity index (χ1n) is 7.37. The van der Waals surface area contributed by atoms with Gasteiger partial charge in [0.05, 0.1) is 35.8 Å². The highest BCUT2D eigenvalue weighted by molar-refractivity contribution is 6.04. The molecule has 1 amide bonds. The van der Waals surface area contributed by atoms with E-state index in [-0.39, 0.29) is 12.5 Å². The van der Waals surface area contributed by atoms with Gasteiger partial charge in [0.25, 0.3) is 5.91 Å². The Kier molecular flexibility index (Phi) is 4.35. The fourth-order valence-electron chi connectivity index (χ4n) is 2.37. The Morgan fingerprint density at radius 2 is 2.12 bits per heavy atom. The standard InChI is InChI=1S/C17H14F3N3O2/c1-11-15(5-6-25-11)16(24)22-14-8-21-23(10-14)9-12-3-2-4-13(7-12)17(18,19)20/h2-8,10H,9H2,1H3,(H,22,24). The second kappa shape index (κ2) is 6.46. The highest BCUT2D eigenvalue weighted by Gasteiger charge is 2.30. The van der Waals surface area contributed by atoms with Crippen molar-refractivity contribution in [3.05, 3.63) is 71.4 Å². The van der Waals surface area contributed by atoms with Crippen molar-refractivity contribution >= 4 is 11.6 Å². The lowest BCUT2D eigenvalue weighted by molar-refractivity contribution is -0.137. The predicted molar refractivity (Wildman–Crippen MR) is 84.2 cm³/mol. The molecule has 0 saturated carbocycles. The van der Waals surface area contributed by atoms with Gasteiger partial charge in [0.2, 0.25) is 0 Å². The van der Waals surface area contributed by atoms with Crippen LogP contribution in [0, 0.1) is 6.92 Å². The van der Waals surface area contributed by atoms with E-state index in [0.29, 0.717) is 22.6 Å². The minimum atomic E-state index is -4.39. The number of rotatable bonds is 4. The van der Waals surface area contributed by atoms with E-state index in [1.165, 1.54) is 23.2 Å². The number of furan rings is 1. The molecule has 0 aliphatic heterocycles. The van der Waals surface area contributed by atoms with Crippen LogP contribution in [0.4, 0.5) is 18.9 Å². The summed E-state index contributed by atoms with van der Waals surface area (Å²) >= 11 is 0. The average Bonchev–Trinajstić information content (AvgIpc) is 3.16. The molecule has 0 atom stereocenters. The molecule has 8 heteroatoms. The van der Waals surface area contributed by atoms with Crippen LogP contribution in [-0.4, -0.2) is 15.7 Å². The van der Waals surface area contributed by atoms with E-state index < -0.39 is 11.7 Å². The Hall–Kier alpha value is -3.03. The molecule has 0 bridgehead atoms. The minimum Gasteiger partial charge on any atom is -0.469 e. The molecule has 3 aromatic rings. The normalized spacial score (nSPS) is 11.5. The van der Waals surface area contributed by atoms with Crippen LogP contribution < -0.4 is 5.32 Å². The lowest BCUT2D eigenvalue weighted by atomic mass is 10.1. The average molecular weight is 349 g/mol. The van der Waals surface area contributed by atoms with Crippen molar-refractivity contribution in [3.8, 4) is 0 Å². The summed E-state index contributed by atoms with van der Waals surface area (Å²) in [4.78, 5) is 12.1. The van der Waals surface area contributed by atoms with Gasteiger partial charge in [0.15, 0.2) is 0 Å². The molecule has 0 aliphatic rings. The maximum absolute atomic E-state index is 12.7. The van der Waals surface area contributed by atoms with Crippen molar-refractivity contribution in [2.75, 3.05) is 5.32 Å². The molecule has 0 saturated heterocycles. The summed E-state index contributed by atoms with van der Waals surface area (Å²) in [5, 5.41) is 6.72. The fraction of sp³-hybridized carbons (Fsp3) is 0.176. The molecule has 0 unspecified atom stereocenters. The van der Waals surface area contributed by atoms with Crippen LogP contribution in [0.15, 0.2) is 53.4 Å². The van der Waals surface area contributed by atoms with Crippen molar-refractivity contribution in [2.45, 2.75) is 19.6 Å². The number of hydrogen-bond donors (Lipinski definition) is 1. The van der Waals surface area contributed by atoms with Gasteiger partial charge in [-0.25, -0.2) is 0 Å². The van der Waals surface area contributed by atoms with E-state index in [1.807, 2.05) is 0 Å². The zero-order valence-electron chi connectivity index (χ0n) is 13.2. The molecule has 130 valence electrons. The molecule has 1 aromatic carbocycles. The summed E-state index contributed by atoms with van der Waals surface area (Å²) in [5.74, 6) is 0.152. The van der Waals surface area contributed by atoms with Gasteiger partial charge in [-0.05, 0) is 30.7 Å². The Morgan fingerprint density at radius 1 is 1.32 bits per heavy atom. The quantitative estimate of drug-likeness (QED) is 0.771. The number of aromatic nitrogens is 2. The third-order valence-corrected chi connectivity index (χ3v) is 3.59. The van der Waals surface area contributed by atoms with Crippen molar-refractivity contribution in [1.82, 2.24) is 9.78 Å². The molecular weight excluding hydrogens is 335 g/mol. The number of carbonyl (C=O) groups excluding carboxylic acids is 1. The number of aryl methyl sites for hydroxylation is 1. The number of halogens is 3. The maximum atomic E-state index is 12.7. The van der Waals surface area contributed by atoms with Gasteiger partial charge >= 0.3 is 6.18 Å². The van der Waals surface area contributed by atoms with Gasteiger partial charge in [-0.3, -0.25) is 9.48 Å². The van der Waals surface area contributed by atoms with Gasteiger partial charge in [0, 0.05) is 6.20 Å². The Morgan fingerprint density at radius 3 is 2.80 bits per heavy atom. The van der Waals surface area contributed by atoms with Crippen LogP contribution in [0.3, 0.4) is 0 Å². The summed E-state index contributed by atoms with van der Waals surface area (Å²) in [5.41, 5.74) is 0.603. The summed E-state index contributed by atoms with van der Waals surface area (Å²) in [6, 6.07) is 6.59. The van der Waals surface area contributed by atoms with Crippen molar-refractivity contribution in [3.63, 3.8) is 0 Å². The van der Waals surface area contributed by atoms with Crippen LogP contribution in [0.5, 0.6) is 0 Å². The molecule has 25 heavy (non-hydrogen) atoms. The minimum absolute atomic E-state index is 0.157. The highest BCUT2D eigenvalue weighted by Crippen LogP contribution is 2.29. The third-order valence-electron chi connectivity index (χ3n) is 3.59. The summed E-state index contributed by atoms with van der Waals surface area (Å²) in [6.07, 6.45) is 0.0114. The Balaban J connectivity index is 1.70. The van der Waals surface area contributed by atoms with Crippen molar-refractivity contribution < 1.29 is 22.4 Å². The molecule has 0 fully saturated rings. The molecule has 5 nitrogen and oxygen atoms in total. The lowest BCUT2D eigenvalue weighted by Crippen LogP contribution is -2.11. The van der Waals surface area contributed by atoms with Gasteiger partial charge in [-0.2, -0.15) is 18.3 Å². The van der Waals surface area contributed by atoms with Crippen LogP contribution in [0.25, 0.3) is 0 Å². The van der Waals surface area contributed by atoms with Crippen LogP contribution in [-0.2, 0) is 12.7 Å². The smallest absolute Gasteiger partial charge is 0.416 e. The first-order valence-corrected chi connectivity index (χ1v) is 7.37. The number of benzene rings is 1. The highest BCUT2D eigenvalue weighted by atomic mass is 19.4. The van der Waals surface area contributed by atoms with E-state index in [1.54, 1.807) is 25.3 Å². The maximum Gasteiger partial charge on any atom is 0.416 e. The van der Waals surface area contributed by atoms with Crippen LogP contribution in [0.1, 0.15) is 27.2 Å². The van der Waals surface area contributed by atoms with E-state index in [0.717, 1.165) is 12.1 Å². The van der Waals surface area contributed by atoms with E-state index >= 15 is 0 Å². The number of hydrogen-bond acceptors (Lipinski definition) is 3. The van der Waals surface area contributed by atoms with Crippen LogP contribution >= 0.6 is 0 Å². The van der Waals surface area contributed by atoms with E-state index in [2.05, 4.69) is 10.4 Å². The van der Waals surface area contributed by atoms with Gasteiger partial charge in [-0.15, -0.1) is 0 Å². The number of anilines is 1. The number of alkyl halides is 3. The molecule has 0 aliphatic carbocycles. The SMILES string of the molecule is Cc1occc1C(=O)Nc1cnn(Cc2cccc(C(F)(F)F)c2)c1.